The van der Waals surface area contributed by atoms with Crippen LogP contribution in [0, 0.1) is 11.3 Å². The van der Waals surface area contributed by atoms with E-state index in [-0.39, 0.29) is 11.3 Å². The number of nitriles is 1. The lowest BCUT2D eigenvalue weighted by molar-refractivity contribution is -0.131. The van der Waals surface area contributed by atoms with Crippen LogP contribution < -0.4 is 10.1 Å². The maximum Gasteiger partial charge on any atom is 0.308 e. The number of carbonyl (C=O) groups excluding carboxylic acids is 2. The molecule has 2 aromatic carbocycles. The van der Waals surface area contributed by atoms with Gasteiger partial charge in [-0.2, -0.15) is 5.26 Å². The molecular formula is C18H12BrClN2O3. The molecule has 0 aliphatic heterocycles. The Balaban J connectivity index is 2.31. The fraction of sp³-hybridized carbons (Fsp3) is 0.0556. The molecule has 0 bridgehead atoms. The molecule has 0 atom stereocenters. The predicted octanol–water partition coefficient (Wildman–Crippen LogP) is 4.57. The Kier molecular flexibility index (Phi) is 6.34. The molecule has 0 unspecified atom stereocenters. The third-order valence-corrected chi connectivity index (χ3v) is 3.74. The summed E-state index contributed by atoms with van der Waals surface area (Å²) in [5.41, 5.74) is 0.791. The Bertz CT molecular complexity index is 886. The third-order valence-electron chi connectivity index (χ3n) is 2.99. The molecule has 0 aliphatic rings. The molecule has 0 aromatic heterocycles. The molecule has 5 nitrogen and oxygen atoms in total. The van der Waals surface area contributed by atoms with E-state index < -0.39 is 11.9 Å². The van der Waals surface area contributed by atoms with Gasteiger partial charge in [-0.05, 0) is 48.5 Å². The number of hydrogen-bond acceptors (Lipinski definition) is 4. The summed E-state index contributed by atoms with van der Waals surface area (Å²) in [5, 5.41) is 12.4. The molecule has 25 heavy (non-hydrogen) atoms. The van der Waals surface area contributed by atoms with Gasteiger partial charge in [0.15, 0.2) is 0 Å². The van der Waals surface area contributed by atoms with Crippen molar-refractivity contribution in [3.63, 3.8) is 0 Å². The first-order valence-corrected chi connectivity index (χ1v) is 8.23. The topological polar surface area (TPSA) is 79.2 Å². The van der Waals surface area contributed by atoms with Crippen molar-refractivity contribution in [3.05, 3.63) is 63.1 Å². The molecule has 0 heterocycles. The van der Waals surface area contributed by atoms with E-state index >= 15 is 0 Å². The smallest absolute Gasteiger partial charge is 0.308 e. The number of ether oxygens (including phenoxy) is 1. The summed E-state index contributed by atoms with van der Waals surface area (Å²) in [7, 11) is 0. The average Bonchev–Trinajstić information content (AvgIpc) is 2.56. The van der Waals surface area contributed by atoms with E-state index in [1.807, 2.05) is 6.07 Å². The van der Waals surface area contributed by atoms with Crippen LogP contribution in [-0.4, -0.2) is 11.9 Å². The molecule has 126 valence electrons. The minimum Gasteiger partial charge on any atom is -0.426 e. The van der Waals surface area contributed by atoms with Crippen LogP contribution in [0.1, 0.15) is 12.5 Å². The van der Waals surface area contributed by atoms with Gasteiger partial charge in [0.1, 0.15) is 17.4 Å². The largest absolute Gasteiger partial charge is 0.426 e. The van der Waals surface area contributed by atoms with Crippen LogP contribution in [0.4, 0.5) is 5.69 Å². The van der Waals surface area contributed by atoms with Gasteiger partial charge in [-0.3, -0.25) is 9.59 Å². The van der Waals surface area contributed by atoms with Crippen molar-refractivity contribution in [1.82, 2.24) is 0 Å². The van der Waals surface area contributed by atoms with Crippen LogP contribution in [0.15, 0.2) is 52.5 Å². The molecule has 0 spiro atoms. The van der Waals surface area contributed by atoms with Crippen LogP contribution in [0.3, 0.4) is 0 Å². The first-order chi connectivity index (χ1) is 11.9. The number of esters is 1. The van der Waals surface area contributed by atoms with Gasteiger partial charge in [0.2, 0.25) is 0 Å². The number of anilines is 1. The van der Waals surface area contributed by atoms with E-state index in [1.54, 1.807) is 42.5 Å². The Hall–Kier alpha value is -2.62. The molecular weight excluding hydrogens is 408 g/mol. The highest BCUT2D eigenvalue weighted by Gasteiger charge is 2.12. The van der Waals surface area contributed by atoms with E-state index in [9.17, 15) is 14.9 Å². The van der Waals surface area contributed by atoms with Crippen molar-refractivity contribution < 1.29 is 14.3 Å². The highest BCUT2D eigenvalue weighted by Crippen LogP contribution is 2.26. The van der Waals surface area contributed by atoms with Gasteiger partial charge in [-0.15, -0.1) is 0 Å². The minimum atomic E-state index is -0.585. The van der Waals surface area contributed by atoms with Crippen molar-refractivity contribution in [2.24, 2.45) is 0 Å². The normalized spacial score (nSPS) is 10.7. The van der Waals surface area contributed by atoms with Crippen molar-refractivity contribution in [2.45, 2.75) is 6.92 Å². The number of amides is 1. The summed E-state index contributed by atoms with van der Waals surface area (Å²) in [6.07, 6.45) is 1.36. The highest BCUT2D eigenvalue weighted by molar-refractivity contribution is 9.10. The molecule has 7 heteroatoms. The monoisotopic (exact) mass is 418 g/mol. The molecule has 1 N–H and O–H groups in total. The van der Waals surface area contributed by atoms with Crippen LogP contribution in [0.2, 0.25) is 5.02 Å². The summed E-state index contributed by atoms with van der Waals surface area (Å²) >= 11 is 9.10. The van der Waals surface area contributed by atoms with Crippen molar-refractivity contribution >= 4 is 51.2 Å². The van der Waals surface area contributed by atoms with E-state index in [1.165, 1.54) is 13.0 Å². The van der Waals surface area contributed by atoms with Crippen LogP contribution >= 0.6 is 27.5 Å². The number of benzene rings is 2. The van der Waals surface area contributed by atoms with Crippen molar-refractivity contribution in [3.8, 4) is 11.8 Å². The van der Waals surface area contributed by atoms with Gasteiger partial charge in [0.25, 0.3) is 5.91 Å². The maximum atomic E-state index is 12.3. The van der Waals surface area contributed by atoms with Gasteiger partial charge in [0, 0.05) is 27.7 Å². The zero-order valence-electron chi connectivity index (χ0n) is 13.0. The fourth-order valence-corrected chi connectivity index (χ4v) is 2.42. The Morgan fingerprint density at radius 3 is 2.52 bits per heavy atom. The second-order valence-electron chi connectivity index (χ2n) is 4.91. The number of rotatable bonds is 4. The lowest BCUT2D eigenvalue weighted by Crippen LogP contribution is -2.13. The molecule has 0 aliphatic carbocycles. The summed E-state index contributed by atoms with van der Waals surface area (Å²) in [5.74, 6) is -0.831. The summed E-state index contributed by atoms with van der Waals surface area (Å²) in [4.78, 5) is 23.5. The summed E-state index contributed by atoms with van der Waals surface area (Å²) in [6, 6.07) is 13.3. The number of nitrogens with one attached hydrogen (secondary N) is 1. The maximum absolute atomic E-state index is 12.3. The summed E-state index contributed by atoms with van der Waals surface area (Å²) < 4.78 is 5.81. The van der Waals surface area contributed by atoms with Crippen LogP contribution in [-0.2, 0) is 9.59 Å². The van der Waals surface area contributed by atoms with Gasteiger partial charge in [-0.25, -0.2) is 0 Å². The van der Waals surface area contributed by atoms with Gasteiger partial charge >= 0.3 is 5.97 Å². The Morgan fingerprint density at radius 2 is 1.92 bits per heavy atom. The Morgan fingerprint density at radius 1 is 1.24 bits per heavy atom. The lowest BCUT2D eigenvalue weighted by Gasteiger charge is -2.08. The molecule has 0 saturated carbocycles. The molecule has 2 rings (SSSR count). The molecule has 0 saturated heterocycles. The van der Waals surface area contributed by atoms with E-state index in [0.29, 0.717) is 20.7 Å². The SMILES string of the molecule is CC(=O)Oc1ccc(Br)cc1/C=C(/C#N)C(=O)Nc1ccc(Cl)cc1. The van der Waals surface area contributed by atoms with Crippen molar-refractivity contribution in [2.75, 3.05) is 5.32 Å². The number of hydrogen-bond donors (Lipinski definition) is 1. The zero-order valence-corrected chi connectivity index (χ0v) is 15.4. The average molecular weight is 420 g/mol. The number of carbonyl (C=O) groups is 2. The third kappa shape index (κ3) is 5.45. The quantitative estimate of drug-likeness (QED) is 0.341. The molecule has 0 fully saturated rings. The van der Waals surface area contributed by atoms with E-state index in [4.69, 9.17) is 16.3 Å². The Labute approximate surface area is 158 Å². The predicted molar refractivity (Wildman–Crippen MR) is 99.1 cm³/mol. The highest BCUT2D eigenvalue weighted by atomic mass is 79.9. The van der Waals surface area contributed by atoms with Gasteiger partial charge < -0.3 is 10.1 Å². The second-order valence-corrected chi connectivity index (χ2v) is 6.26. The minimum absolute atomic E-state index is 0.138. The molecule has 0 radical (unpaired) electrons. The second kappa shape index (κ2) is 8.47. The van der Waals surface area contributed by atoms with Crippen LogP contribution in [0.5, 0.6) is 5.75 Å². The fourth-order valence-electron chi connectivity index (χ4n) is 1.92. The first kappa shape index (κ1) is 18.7. The van der Waals surface area contributed by atoms with E-state index in [2.05, 4.69) is 21.2 Å². The van der Waals surface area contributed by atoms with Crippen LogP contribution in [0.25, 0.3) is 6.08 Å². The lowest BCUT2D eigenvalue weighted by atomic mass is 10.1. The number of nitrogens with zero attached hydrogens (tertiary/aromatic N) is 1. The van der Waals surface area contributed by atoms with Gasteiger partial charge in [0.05, 0.1) is 0 Å². The van der Waals surface area contributed by atoms with Crippen molar-refractivity contribution in [1.29, 1.82) is 5.26 Å². The van der Waals surface area contributed by atoms with E-state index in [0.717, 1.165) is 0 Å². The summed E-state index contributed by atoms with van der Waals surface area (Å²) in [6.45, 7) is 1.27. The number of halogens is 2. The molecule has 1 amide bonds. The standard InChI is InChI=1S/C18H12BrClN2O3/c1-11(23)25-17-7-2-14(19)9-12(17)8-13(10-21)18(24)22-16-5-3-15(20)4-6-16/h2-9H,1H3,(H,22,24)/b13-8-. The van der Waals surface area contributed by atoms with Gasteiger partial charge in [-0.1, -0.05) is 27.5 Å². The zero-order chi connectivity index (χ0) is 18.4. The molecule has 2 aromatic rings. The first-order valence-electron chi connectivity index (χ1n) is 7.05.